The lowest BCUT2D eigenvalue weighted by Gasteiger charge is -2.20. The van der Waals surface area contributed by atoms with Gasteiger partial charge in [0.25, 0.3) is 0 Å². The second-order valence-electron chi connectivity index (χ2n) is 8.48. The number of halogens is 1. The normalized spacial score (nSPS) is 11.5. The number of rotatable bonds is 17. The lowest BCUT2D eigenvalue weighted by molar-refractivity contribution is 0.415. The summed E-state index contributed by atoms with van der Waals surface area (Å²) in [6.45, 7) is 10.2. The third-order valence-corrected chi connectivity index (χ3v) is 4.69. The number of hydrogen-bond acceptors (Lipinski definition) is 1. The first-order valence-electron chi connectivity index (χ1n) is 10.8. The van der Waals surface area contributed by atoms with Crippen LogP contribution in [-0.2, 0) is 0 Å². The van der Waals surface area contributed by atoms with Crippen LogP contribution in [0.25, 0.3) is 0 Å². The molecule has 0 atom stereocenters. The predicted molar refractivity (Wildman–Crippen MR) is 118 cm³/mol. The Morgan fingerprint density at radius 1 is 0.500 bits per heavy atom. The Morgan fingerprint density at radius 3 is 1.08 bits per heavy atom. The molecule has 0 amide bonds. The van der Waals surface area contributed by atoms with Crippen molar-refractivity contribution in [3.63, 3.8) is 0 Å². The van der Waals surface area contributed by atoms with Crippen LogP contribution in [0.4, 0.5) is 0 Å². The number of unbranched alkanes of at least 4 members (excludes halogenated alkanes) is 15. The quantitative estimate of drug-likeness (QED) is 0.240. The third kappa shape index (κ3) is 24.7. The minimum atomic E-state index is 0. The highest BCUT2D eigenvalue weighted by Crippen LogP contribution is 2.13. The van der Waals surface area contributed by atoms with Gasteiger partial charge in [0.1, 0.15) is 0 Å². The van der Waals surface area contributed by atoms with Crippen molar-refractivity contribution in [2.45, 2.75) is 136 Å². The highest BCUT2D eigenvalue weighted by atomic mass is 79.9. The molecule has 0 aliphatic rings. The number of nitrogens with one attached hydrogen (secondary N) is 1. The van der Waals surface area contributed by atoms with Crippen molar-refractivity contribution in [1.29, 1.82) is 0 Å². The summed E-state index contributed by atoms with van der Waals surface area (Å²) in [5.74, 6) is 0. The van der Waals surface area contributed by atoms with E-state index in [1.807, 2.05) is 0 Å². The summed E-state index contributed by atoms with van der Waals surface area (Å²) in [4.78, 5) is 0. The zero-order valence-corrected chi connectivity index (χ0v) is 19.1. The maximum absolute atomic E-state index is 3.57. The molecule has 0 bridgehead atoms. The SMILES string of the molecule is Br.CCCCCCCCCCCCCCCCCCNC(C)(C)C. The van der Waals surface area contributed by atoms with E-state index in [0.29, 0.717) is 0 Å². The molecule has 0 radical (unpaired) electrons. The maximum Gasteiger partial charge on any atom is 0.00965 e. The molecule has 24 heavy (non-hydrogen) atoms. The van der Waals surface area contributed by atoms with E-state index >= 15 is 0 Å². The lowest BCUT2D eigenvalue weighted by atomic mass is 10.0. The predicted octanol–water partition coefficient (Wildman–Crippen LogP) is 8.21. The fourth-order valence-corrected chi connectivity index (χ4v) is 3.14. The van der Waals surface area contributed by atoms with Gasteiger partial charge in [-0.15, -0.1) is 17.0 Å². The summed E-state index contributed by atoms with van der Waals surface area (Å²) >= 11 is 0. The Bertz CT molecular complexity index is 223. The summed E-state index contributed by atoms with van der Waals surface area (Å²) < 4.78 is 0. The molecule has 148 valence electrons. The first kappa shape index (κ1) is 26.7. The van der Waals surface area contributed by atoms with Gasteiger partial charge in [-0.25, -0.2) is 0 Å². The van der Waals surface area contributed by atoms with Crippen LogP contribution < -0.4 is 5.32 Å². The molecular weight excluding hydrogens is 358 g/mol. The van der Waals surface area contributed by atoms with E-state index in [1.54, 1.807) is 0 Å². The Morgan fingerprint density at radius 2 is 0.792 bits per heavy atom. The summed E-state index contributed by atoms with van der Waals surface area (Å²) in [6, 6.07) is 0. The lowest BCUT2D eigenvalue weighted by Crippen LogP contribution is -2.36. The highest BCUT2D eigenvalue weighted by Gasteiger charge is 2.06. The van der Waals surface area contributed by atoms with Gasteiger partial charge in [0.05, 0.1) is 0 Å². The Balaban J connectivity index is 0. The van der Waals surface area contributed by atoms with Crippen molar-refractivity contribution >= 4 is 17.0 Å². The van der Waals surface area contributed by atoms with E-state index in [2.05, 4.69) is 33.0 Å². The van der Waals surface area contributed by atoms with E-state index in [0.717, 1.165) is 0 Å². The van der Waals surface area contributed by atoms with Gasteiger partial charge in [-0.05, 0) is 33.7 Å². The van der Waals surface area contributed by atoms with Gasteiger partial charge in [0.15, 0.2) is 0 Å². The summed E-state index contributed by atoms with van der Waals surface area (Å²) in [5, 5.41) is 3.57. The maximum atomic E-state index is 3.57. The molecule has 0 saturated heterocycles. The van der Waals surface area contributed by atoms with Crippen LogP contribution in [-0.4, -0.2) is 12.1 Å². The molecule has 1 nitrogen and oxygen atoms in total. The smallest absolute Gasteiger partial charge is 0.00965 e. The second kappa shape index (κ2) is 19.8. The van der Waals surface area contributed by atoms with Gasteiger partial charge in [-0.1, -0.05) is 103 Å². The van der Waals surface area contributed by atoms with Crippen molar-refractivity contribution in [1.82, 2.24) is 5.32 Å². The van der Waals surface area contributed by atoms with Crippen LogP contribution >= 0.6 is 17.0 Å². The molecule has 0 aliphatic carbocycles. The van der Waals surface area contributed by atoms with Crippen molar-refractivity contribution in [2.24, 2.45) is 0 Å². The summed E-state index contributed by atoms with van der Waals surface area (Å²) in [6.07, 6.45) is 23.2. The van der Waals surface area contributed by atoms with Gasteiger partial charge in [-0.2, -0.15) is 0 Å². The van der Waals surface area contributed by atoms with E-state index in [-0.39, 0.29) is 22.5 Å². The van der Waals surface area contributed by atoms with Crippen LogP contribution in [0.5, 0.6) is 0 Å². The van der Waals surface area contributed by atoms with Crippen molar-refractivity contribution in [3.05, 3.63) is 0 Å². The van der Waals surface area contributed by atoms with Crippen LogP contribution in [0.2, 0.25) is 0 Å². The molecule has 0 aromatic carbocycles. The van der Waals surface area contributed by atoms with E-state index in [1.165, 1.54) is 109 Å². The molecule has 0 rings (SSSR count). The van der Waals surface area contributed by atoms with Crippen molar-refractivity contribution < 1.29 is 0 Å². The van der Waals surface area contributed by atoms with E-state index in [4.69, 9.17) is 0 Å². The Hall–Kier alpha value is 0.440. The molecule has 0 saturated carbocycles. The zero-order valence-electron chi connectivity index (χ0n) is 17.4. The molecular formula is C22H48BrN. The molecule has 0 fully saturated rings. The standard InChI is InChI=1S/C22H47N.BrH/c1-5-6-7-8-9-10-11-12-13-14-15-16-17-18-19-20-21-23-22(2,3)4;/h23H,5-21H2,1-4H3;1H. The third-order valence-electron chi connectivity index (χ3n) is 4.69. The van der Waals surface area contributed by atoms with Crippen LogP contribution in [0.15, 0.2) is 0 Å². The molecule has 0 heterocycles. The van der Waals surface area contributed by atoms with Crippen LogP contribution in [0, 0.1) is 0 Å². The monoisotopic (exact) mass is 405 g/mol. The average molecular weight is 407 g/mol. The van der Waals surface area contributed by atoms with Gasteiger partial charge >= 0.3 is 0 Å². The average Bonchev–Trinajstić information content (AvgIpc) is 2.49. The van der Waals surface area contributed by atoms with Crippen LogP contribution in [0.1, 0.15) is 130 Å². The molecule has 1 N–H and O–H groups in total. The Labute approximate surface area is 164 Å². The minimum absolute atomic E-state index is 0. The first-order chi connectivity index (χ1) is 11.1. The molecule has 0 spiro atoms. The van der Waals surface area contributed by atoms with E-state index in [9.17, 15) is 0 Å². The molecule has 0 aromatic heterocycles. The van der Waals surface area contributed by atoms with Gasteiger partial charge in [0, 0.05) is 5.54 Å². The molecule has 0 aromatic rings. The zero-order chi connectivity index (χ0) is 17.2. The number of hydrogen-bond donors (Lipinski definition) is 1. The molecule has 0 aliphatic heterocycles. The van der Waals surface area contributed by atoms with Gasteiger partial charge in [-0.3, -0.25) is 0 Å². The largest absolute Gasteiger partial charge is 0.312 e. The van der Waals surface area contributed by atoms with Crippen molar-refractivity contribution in [2.75, 3.05) is 6.54 Å². The van der Waals surface area contributed by atoms with Crippen LogP contribution in [0.3, 0.4) is 0 Å². The van der Waals surface area contributed by atoms with Crippen molar-refractivity contribution in [3.8, 4) is 0 Å². The topological polar surface area (TPSA) is 12.0 Å². The Kier molecular flexibility index (Phi) is 22.0. The summed E-state index contributed by atoms with van der Waals surface area (Å²) in [7, 11) is 0. The minimum Gasteiger partial charge on any atom is -0.312 e. The fraction of sp³-hybridized carbons (Fsp3) is 1.00. The van der Waals surface area contributed by atoms with Gasteiger partial charge < -0.3 is 5.32 Å². The molecule has 2 heteroatoms. The summed E-state index contributed by atoms with van der Waals surface area (Å²) in [5.41, 5.74) is 0.287. The fourth-order valence-electron chi connectivity index (χ4n) is 3.14. The molecule has 0 unspecified atom stereocenters. The highest BCUT2D eigenvalue weighted by molar-refractivity contribution is 8.93. The van der Waals surface area contributed by atoms with E-state index < -0.39 is 0 Å². The second-order valence-corrected chi connectivity index (χ2v) is 8.48. The van der Waals surface area contributed by atoms with Gasteiger partial charge in [0.2, 0.25) is 0 Å². The first-order valence-corrected chi connectivity index (χ1v) is 10.8.